The number of nitrogens with zero attached hydrogens (tertiary/aromatic N) is 2. The first-order valence-electron chi connectivity index (χ1n) is 5.57. The monoisotopic (exact) mass is 251 g/mol. The molecular formula is C12H17N3O3. The minimum Gasteiger partial charge on any atom is -0.468 e. The molecule has 1 rings (SSSR count). The first kappa shape index (κ1) is 14.0. The number of pyridine rings is 1. The third-order valence-corrected chi connectivity index (χ3v) is 2.56. The van der Waals surface area contributed by atoms with E-state index in [0.29, 0.717) is 23.5 Å². The summed E-state index contributed by atoms with van der Waals surface area (Å²) in [6.07, 6.45) is 1.49. The van der Waals surface area contributed by atoms with Crippen molar-refractivity contribution < 1.29 is 14.3 Å². The molecule has 0 spiro atoms. The largest absolute Gasteiger partial charge is 0.468 e. The minimum absolute atomic E-state index is 0.0833. The molecule has 0 aromatic carbocycles. The fourth-order valence-electron chi connectivity index (χ4n) is 1.48. The number of carbonyl (C=O) groups excluding carboxylic acids is 2. The number of amides is 1. The molecular weight excluding hydrogens is 234 g/mol. The van der Waals surface area contributed by atoms with E-state index in [0.717, 1.165) is 0 Å². The summed E-state index contributed by atoms with van der Waals surface area (Å²) in [5.41, 5.74) is 7.01. The molecule has 18 heavy (non-hydrogen) atoms. The molecule has 0 radical (unpaired) electrons. The van der Waals surface area contributed by atoms with Crippen molar-refractivity contribution >= 4 is 17.6 Å². The zero-order valence-electron chi connectivity index (χ0n) is 10.8. The average Bonchev–Trinajstić information content (AvgIpc) is 2.37. The van der Waals surface area contributed by atoms with Crippen LogP contribution in [-0.2, 0) is 9.53 Å². The number of methoxy groups -OCH3 is 1. The van der Waals surface area contributed by atoms with Gasteiger partial charge in [0.05, 0.1) is 30.3 Å². The Balaban J connectivity index is 2.96. The Morgan fingerprint density at radius 1 is 1.50 bits per heavy atom. The standard InChI is InChI=1S/C12H17N3O3/c1-4-15(7-11(16)18-3)12(17)10-5-9(13)6-14-8(10)2/h5-6H,4,7,13H2,1-3H3. The van der Waals surface area contributed by atoms with Crippen molar-refractivity contribution in [3.63, 3.8) is 0 Å². The van der Waals surface area contributed by atoms with E-state index in [4.69, 9.17) is 5.73 Å². The Bertz CT molecular complexity index is 460. The van der Waals surface area contributed by atoms with Crippen molar-refractivity contribution in [2.24, 2.45) is 0 Å². The van der Waals surface area contributed by atoms with Gasteiger partial charge in [-0.05, 0) is 19.9 Å². The molecule has 6 nitrogen and oxygen atoms in total. The van der Waals surface area contributed by atoms with E-state index >= 15 is 0 Å². The van der Waals surface area contributed by atoms with E-state index in [1.54, 1.807) is 19.9 Å². The number of anilines is 1. The van der Waals surface area contributed by atoms with Gasteiger partial charge in [0.15, 0.2) is 0 Å². The number of aromatic nitrogens is 1. The van der Waals surface area contributed by atoms with Crippen molar-refractivity contribution in [3.8, 4) is 0 Å². The molecule has 1 aromatic heterocycles. The Kier molecular flexibility index (Phi) is 4.65. The van der Waals surface area contributed by atoms with Crippen LogP contribution in [-0.4, -0.2) is 42.0 Å². The fraction of sp³-hybridized carbons (Fsp3) is 0.417. The number of carbonyl (C=O) groups is 2. The van der Waals surface area contributed by atoms with Crippen LogP contribution in [0.3, 0.4) is 0 Å². The van der Waals surface area contributed by atoms with E-state index in [1.165, 1.54) is 18.2 Å². The summed E-state index contributed by atoms with van der Waals surface area (Å²) in [5.74, 6) is -0.736. The third kappa shape index (κ3) is 3.19. The molecule has 0 aliphatic rings. The molecule has 0 aliphatic heterocycles. The van der Waals surface area contributed by atoms with Crippen LogP contribution in [0.1, 0.15) is 23.0 Å². The predicted molar refractivity (Wildman–Crippen MR) is 67.0 cm³/mol. The van der Waals surface area contributed by atoms with Crippen LogP contribution < -0.4 is 5.73 Å². The van der Waals surface area contributed by atoms with Crippen LogP contribution >= 0.6 is 0 Å². The number of likely N-dealkylation sites (N-methyl/N-ethyl adjacent to an activating group) is 1. The Labute approximate surface area is 106 Å². The summed E-state index contributed by atoms with van der Waals surface area (Å²) in [5, 5.41) is 0. The minimum atomic E-state index is -0.459. The highest BCUT2D eigenvalue weighted by atomic mass is 16.5. The normalized spacial score (nSPS) is 9.94. The van der Waals surface area contributed by atoms with E-state index in [2.05, 4.69) is 9.72 Å². The lowest BCUT2D eigenvalue weighted by molar-refractivity contribution is -0.141. The number of aryl methyl sites for hydroxylation is 1. The Morgan fingerprint density at radius 2 is 2.17 bits per heavy atom. The van der Waals surface area contributed by atoms with Crippen LogP contribution in [0.5, 0.6) is 0 Å². The van der Waals surface area contributed by atoms with Crippen molar-refractivity contribution in [2.45, 2.75) is 13.8 Å². The quantitative estimate of drug-likeness (QED) is 0.792. The second-order valence-electron chi connectivity index (χ2n) is 3.80. The Hall–Kier alpha value is -2.11. The molecule has 6 heteroatoms. The molecule has 1 amide bonds. The van der Waals surface area contributed by atoms with Gasteiger partial charge in [0.1, 0.15) is 6.54 Å². The highest BCUT2D eigenvalue weighted by Gasteiger charge is 2.19. The molecule has 1 aromatic rings. The highest BCUT2D eigenvalue weighted by Crippen LogP contribution is 2.12. The summed E-state index contributed by atoms with van der Waals surface area (Å²) < 4.78 is 4.55. The molecule has 0 aliphatic carbocycles. The second-order valence-corrected chi connectivity index (χ2v) is 3.80. The van der Waals surface area contributed by atoms with Crippen LogP contribution in [0.25, 0.3) is 0 Å². The van der Waals surface area contributed by atoms with Gasteiger partial charge in [-0.25, -0.2) is 0 Å². The maximum atomic E-state index is 12.2. The van der Waals surface area contributed by atoms with Gasteiger partial charge in [0.2, 0.25) is 0 Å². The molecule has 0 fully saturated rings. The summed E-state index contributed by atoms with van der Waals surface area (Å²) in [6, 6.07) is 1.56. The number of hydrogen-bond acceptors (Lipinski definition) is 5. The smallest absolute Gasteiger partial charge is 0.325 e. The lowest BCUT2D eigenvalue weighted by Crippen LogP contribution is -2.36. The van der Waals surface area contributed by atoms with Gasteiger partial charge in [-0.1, -0.05) is 0 Å². The van der Waals surface area contributed by atoms with Crippen LogP contribution in [0.4, 0.5) is 5.69 Å². The van der Waals surface area contributed by atoms with Crippen molar-refractivity contribution in [2.75, 3.05) is 25.9 Å². The molecule has 98 valence electrons. The summed E-state index contributed by atoms with van der Waals surface area (Å²) in [7, 11) is 1.29. The van der Waals surface area contributed by atoms with Gasteiger partial charge in [-0.2, -0.15) is 0 Å². The van der Waals surface area contributed by atoms with Crippen molar-refractivity contribution in [3.05, 3.63) is 23.5 Å². The number of nitrogens with two attached hydrogens (primary N) is 1. The van der Waals surface area contributed by atoms with E-state index in [-0.39, 0.29) is 12.5 Å². The number of hydrogen-bond donors (Lipinski definition) is 1. The van der Waals surface area contributed by atoms with Gasteiger partial charge in [0, 0.05) is 6.54 Å². The molecule has 0 bridgehead atoms. The summed E-state index contributed by atoms with van der Waals surface area (Å²) in [6.45, 7) is 3.83. The molecule has 0 saturated carbocycles. The van der Waals surface area contributed by atoms with E-state index in [1.807, 2.05) is 0 Å². The highest BCUT2D eigenvalue weighted by molar-refractivity contribution is 5.97. The number of rotatable bonds is 4. The SMILES string of the molecule is CCN(CC(=O)OC)C(=O)c1cc(N)cnc1C. The summed E-state index contributed by atoms with van der Waals surface area (Å²) in [4.78, 5) is 28.8. The zero-order valence-corrected chi connectivity index (χ0v) is 10.8. The molecule has 0 atom stereocenters. The van der Waals surface area contributed by atoms with E-state index < -0.39 is 5.97 Å². The lowest BCUT2D eigenvalue weighted by Gasteiger charge is -2.20. The van der Waals surface area contributed by atoms with Gasteiger partial charge in [-0.15, -0.1) is 0 Å². The maximum absolute atomic E-state index is 12.2. The van der Waals surface area contributed by atoms with Crippen molar-refractivity contribution in [1.29, 1.82) is 0 Å². The topological polar surface area (TPSA) is 85.5 Å². The van der Waals surface area contributed by atoms with Crippen LogP contribution in [0.2, 0.25) is 0 Å². The number of nitrogen functional groups attached to an aromatic ring is 1. The molecule has 0 unspecified atom stereocenters. The van der Waals surface area contributed by atoms with Gasteiger partial charge in [-0.3, -0.25) is 14.6 Å². The van der Waals surface area contributed by atoms with E-state index in [9.17, 15) is 9.59 Å². The number of esters is 1. The third-order valence-electron chi connectivity index (χ3n) is 2.56. The van der Waals surface area contributed by atoms with Gasteiger partial charge < -0.3 is 15.4 Å². The van der Waals surface area contributed by atoms with Gasteiger partial charge >= 0.3 is 5.97 Å². The van der Waals surface area contributed by atoms with Crippen LogP contribution in [0.15, 0.2) is 12.3 Å². The maximum Gasteiger partial charge on any atom is 0.325 e. The number of ether oxygens (including phenoxy) is 1. The zero-order chi connectivity index (χ0) is 13.7. The fourth-order valence-corrected chi connectivity index (χ4v) is 1.48. The van der Waals surface area contributed by atoms with Crippen LogP contribution in [0, 0.1) is 6.92 Å². The molecule has 0 saturated heterocycles. The Morgan fingerprint density at radius 3 is 2.72 bits per heavy atom. The first-order chi connectivity index (χ1) is 8.49. The molecule has 2 N–H and O–H groups in total. The molecule has 1 heterocycles. The predicted octanol–water partition coefficient (Wildman–Crippen LogP) is 0.607. The average molecular weight is 251 g/mol. The van der Waals surface area contributed by atoms with Crippen molar-refractivity contribution in [1.82, 2.24) is 9.88 Å². The first-order valence-corrected chi connectivity index (χ1v) is 5.57. The lowest BCUT2D eigenvalue weighted by atomic mass is 10.1. The summed E-state index contributed by atoms with van der Waals surface area (Å²) >= 11 is 0. The van der Waals surface area contributed by atoms with Gasteiger partial charge in [0.25, 0.3) is 5.91 Å². The second kappa shape index (κ2) is 6.00.